The van der Waals surface area contributed by atoms with Crippen molar-refractivity contribution < 1.29 is 24.0 Å². The summed E-state index contributed by atoms with van der Waals surface area (Å²) in [6, 6.07) is 1.88. The van der Waals surface area contributed by atoms with Crippen molar-refractivity contribution in [2.24, 2.45) is 0 Å². The predicted molar refractivity (Wildman–Crippen MR) is 92.3 cm³/mol. The van der Waals surface area contributed by atoms with Gasteiger partial charge in [0.2, 0.25) is 5.91 Å². The molecule has 1 saturated carbocycles. The number of amides is 1. The van der Waals surface area contributed by atoms with E-state index in [1.807, 2.05) is 0 Å². The molecule has 0 heterocycles. The summed E-state index contributed by atoms with van der Waals surface area (Å²) in [6.45, 7) is 2.33. The summed E-state index contributed by atoms with van der Waals surface area (Å²) in [5.41, 5.74) is -3.36. The Balaban J connectivity index is 2.24. The molecular weight excluding hydrogens is 343 g/mol. The molecule has 1 aromatic rings. The van der Waals surface area contributed by atoms with Gasteiger partial charge >= 0.3 is 0 Å². The van der Waals surface area contributed by atoms with E-state index in [1.165, 1.54) is 6.92 Å². The molecule has 1 aromatic carbocycles. The molecule has 1 aliphatic carbocycles. The number of rotatable bonds is 7. The van der Waals surface area contributed by atoms with Crippen molar-refractivity contribution >= 4 is 17.4 Å². The zero-order valence-electron chi connectivity index (χ0n) is 14.9. The summed E-state index contributed by atoms with van der Waals surface area (Å²) >= 11 is 0. The average Bonchev–Trinajstić information content (AvgIpc) is 3.05. The first-order chi connectivity index (χ1) is 12.1. The number of nitro groups is 1. The third kappa shape index (κ3) is 4.43. The number of halogens is 1. The molecule has 1 fully saturated rings. The van der Waals surface area contributed by atoms with Gasteiger partial charge in [0.25, 0.3) is 5.69 Å². The largest absolute Gasteiger partial charge is 0.385 e. The van der Waals surface area contributed by atoms with Gasteiger partial charge in [-0.2, -0.15) is 0 Å². The smallest absolute Gasteiger partial charge is 0.280 e. The lowest BCUT2D eigenvalue weighted by molar-refractivity contribution is -0.385. The van der Waals surface area contributed by atoms with E-state index in [0.717, 1.165) is 44.7 Å². The Morgan fingerprint density at radius 1 is 1.38 bits per heavy atom. The van der Waals surface area contributed by atoms with E-state index in [2.05, 4.69) is 5.32 Å². The van der Waals surface area contributed by atoms with Gasteiger partial charge < -0.3 is 10.4 Å². The number of aliphatic hydroxyl groups is 1. The third-order valence-electron chi connectivity index (χ3n) is 4.78. The lowest BCUT2D eigenvalue weighted by Crippen LogP contribution is -2.34. The Bertz CT molecular complexity index is 727. The molecule has 2 N–H and O–H groups in total. The van der Waals surface area contributed by atoms with E-state index in [4.69, 9.17) is 0 Å². The van der Waals surface area contributed by atoms with Gasteiger partial charge in [-0.3, -0.25) is 19.7 Å². The molecule has 0 aliphatic heterocycles. The molecule has 0 bridgehead atoms. The van der Waals surface area contributed by atoms with Crippen LogP contribution < -0.4 is 5.32 Å². The highest BCUT2D eigenvalue weighted by molar-refractivity contribution is 6.00. The SMILES string of the molecule is CC(=O)c1c([N+](=O)[O-])ccc(F)c1C(C)(O)CCC(=O)NC1CCCC1. The van der Waals surface area contributed by atoms with Gasteiger partial charge in [0.05, 0.1) is 10.5 Å². The van der Waals surface area contributed by atoms with Crippen LogP contribution >= 0.6 is 0 Å². The second-order valence-corrected chi connectivity index (χ2v) is 6.95. The first-order valence-electron chi connectivity index (χ1n) is 8.63. The van der Waals surface area contributed by atoms with E-state index in [-0.39, 0.29) is 24.8 Å². The molecule has 0 spiro atoms. The van der Waals surface area contributed by atoms with Crippen LogP contribution in [0, 0.1) is 15.9 Å². The minimum absolute atomic E-state index is 0.0804. The summed E-state index contributed by atoms with van der Waals surface area (Å²) in [4.78, 5) is 34.3. The quantitative estimate of drug-likeness (QED) is 0.438. The molecule has 7 nitrogen and oxygen atoms in total. The molecule has 0 saturated heterocycles. The first kappa shape index (κ1) is 20.0. The Morgan fingerprint density at radius 2 is 2.00 bits per heavy atom. The van der Waals surface area contributed by atoms with Crippen LogP contribution in [0.3, 0.4) is 0 Å². The fraction of sp³-hybridized carbons (Fsp3) is 0.556. The third-order valence-corrected chi connectivity index (χ3v) is 4.78. The highest BCUT2D eigenvalue weighted by Gasteiger charge is 2.36. The van der Waals surface area contributed by atoms with Crippen molar-refractivity contribution in [3.8, 4) is 0 Å². The van der Waals surface area contributed by atoms with Crippen LogP contribution in [0.4, 0.5) is 10.1 Å². The zero-order valence-corrected chi connectivity index (χ0v) is 14.9. The van der Waals surface area contributed by atoms with Crippen molar-refractivity contribution in [3.63, 3.8) is 0 Å². The number of Topliss-reactive ketones (excluding diaryl/α,β-unsaturated/α-hetero) is 1. The number of benzene rings is 1. The Kier molecular flexibility index (Phi) is 6.07. The topological polar surface area (TPSA) is 110 Å². The molecule has 8 heteroatoms. The van der Waals surface area contributed by atoms with Gasteiger partial charge in [0.1, 0.15) is 11.4 Å². The average molecular weight is 366 g/mol. The normalized spacial score (nSPS) is 16.9. The molecule has 1 aliphatic rings. The van der Waals surface area contributed by atoms with Gasteiger partial charge in [0, 0.05) is 24.1 Å². The van der Waals surface area contributed by atoms with Crippen LogP contribution in [0.25, 0.3) is 0 Å². The second kappa shape index (κ2) is 7.90. The van der Waals surface area contributed by atoms with Crippen molar-refractivity contribution in [2.45, 2.75) is 64.0 Å². The zero-order chi connectivity index (χ0) is 19.5. The molecule has 26 heavy (non-hydrogen) atoms. The standard InChI is InChI=1S/C18H23FN2O5/c1-11(22)16-14(21(25)26)8-7-13(19)17(16)18(2,24)10-9-15(23)20-12-5-3-4-6-12/h7-8,12,24H,3-6,9-10H2,1-2H3,(H,20,23). The van der Waals surface area contributed by atoms with E-state index in [1.54, 1.807) is 0 Å². The number of carbonyl (C=O) groups excluding carboxylic acids is 2. The maximum Gasteiger partial charge on any atom is 0.280 e. The predicted octanol–water partition coefficient (Wildman–Crippen LogP) is 2.98. The van der Waals surface area contributed by atoms with Crippen LogP contribution in [-0.2, 0) is 10.4 Å². The van der Waals surface area contributed by atoms with Crippen LogP contribution in [0.2, 0.25) is 0 Å². The lowest BCUT2D eigenvalue weighted by Gasteiger charge is -2.26. The maximum atomic E-state index is 14.4. The number of nitrogens with one attached hydrogen (secondary N) is 1. The van der Waals surface area contributed by atoms with Gasteiger partial charge in [-0.25, -0.2) is 4.39 Å². The van der Waals surface area contributed by atoms with E-state index in [9.17, 15) is 29.2 Å². The molecule has 1 amide bonds. The van der Waals surface area contributed by atoms with E-state index in [0.29, 0.717) is 0 Å². The Morgan fingerprint density at radius 3 is 2.54 bits per heavy atom. The van der Waals surface area contributed by atoms with Gasteiger partial charge in [0.15, 0.2) is 5.78 Å². The van der Waals surface area contributed by atoms with Gasteiger partial charge in [-0.15, -0.1) is 0 Å². The minimum atomic E-state index is -1.90. The Hall–Kier alpha value is -2.35. The molecule has 2 rings (SSSR count). The Labute approximate surface area is 150 Å². The summed E-state index contributed by atoms with van der Waals surface area (Å²) in [7, 11) is 0. The molecular formula is C18H23FN2O5. The summed E-state index contributed by atoms with van der Waals surface area (Å²) < 4.78 is 14.4. The monoisotopic (exact) mass is 366 g/mol. The van der Waals surface area contributed by atoms with Gasteiger partial charge in [-0.05, 0) is 39.2 Å². The molecule has 0 radical (unpaired) electrons. The number of hydrogen-bond donors (Lipinski definition) is 2. The number of nitrogens with zero attached hydrogens (tertiary/aromatic N) is 1. The summed E-state index contributed by atoms with van der Waals surface area (Å²) in [5.74, 6) is -1.91. The second-order valence-electron chi connectivity index (χ2n) is 6.95. The fourth-order valence-electron chi connectivity index (χ4n) is 3.45. The van der Waals surface area contributed by atoms with E-state index >= 15 is 0 Å². The van der Waals surface area contributed by atoms with Crippen molar-refractivity contribution in [1.29, 1.82) is 0 Å². The minimum Gasteiger partial charge on any atom is -0.385 e. The number of carbonyl (C=O) groups is 2. The van der Waals surface area contributed by atoms with Crippen LogP contribution in [-0.4, -0.2) is 27.8 Å². The maximum absolute atomic E-state index is 14.4. The number of ketones is 1. The van der Waals surface area contributed by atoms with Crippen LogP contribution in [0.15, 0.2) is 12.1 Å². The molecule has 1 atom stereocenters. The highest BCUT2D eigenvalue weighted by atomic mass is 19.1. The lowest BCUT2D eigenvalue weighted by atomic mass is 9.85. The number of hydrogen-bond acceptors (Lipinski definition) is 5. The van der Waals surface area contributed by atoms with Crippen molar-refractivity contribution in [3.05, 3.63) is 39.2 Å². The molecule has 1 unspecified atom stereocenters. The fourth-order valence-corrected chi connectivity index (χ4v) is 3.45. The summed E-state index contributed by atoms with van der Waals surface area (Å²) in [5, 5.41) is 24.7. The van der Waals surface area contributed by atoms with E-state index < -0.39 is 38.9 Å². The molecule has 142 valence electrons. The first-order valence-corrected chi connectivity index (χ1v) is 8.63. The van der Waals surface area contributed by atoms with Crippen molar-refractivity contribution in [1.82, 2.24) is 5.32 Å². The van der Waals surface area contributed by atoms with Crippen LogP contribution in [0.5, 0.6) is 0 Å². The van der Waals surface area contributed by atoms with Crippen LogP contribution in [0.1, 0.15) is 68.3 Å². The van der Waals surface area contributed by atoms with Gasteiger partial charge in [-0.1, -0.05) is 12.8 Å². The molecule has 0 aromatic heterocycles. The summed E-state index contributed by atoms with van der Waals surface area (Å²) in [6.07, 6.45) is 3.70. The van der Waals surface area contributed by atoms with Crippen molar-refractivity contribution in [2.75, 3.05) is 0 Å². The number of nitro benzene ring substituents is 1. The highest BCUT2D eigenvalue weighted by Crippen LogP contribution is 2.36.